The van der Waals surface area contributed by atoms with E-state index in [0.717, 1.165) is 12.2 Å². The maximum Gasteiger partial charge on any atom is 0.241 e. The molecule has 2 N–H and O–H groups in total. The maximum absolute atomic E-state index is 11.9. The standard InChI is InChI=1S/C14H22N2OS/c1-11(15-10-14(2,3)18-4)13(17)16-12-8-6-5-7-9-12/h5-9,11,15H,10H2,1-4H3,(H,16,17). The molecule has 1 rings (SSSR count). The number of carbonyl (C=O) groups is 1. The highest BCUT2D eigenvalue weighted by Crippen LogP contribution is 2.19. The fourth-order valence-corrected chi connectivity index (χ4v) is 1.56. The Kier molecular flexibility index (Phi) is 5.69. The van der Waals surface area contributed by atoms with E-state index < -0.39 is 0 Å². The van der Waals surface area contributed by atoms with Crippen LogP contribution in [0.3, 0.4) is 0 Å². The summed E-state index contributed by atoms with van der Waals surface area (Å²) in [7, 11) is 0. The van der Waals surface area contributed by atoms with Crippen molar-refractivity contribution >= 4 is 23.4 Å². The smallest absolute Gasteiger partial charge is 0.241 e. The molecular formula is C14H22N2OS. The van der Waals surface area contributed by atoms with Crippen LogP contribution in [0.1, 0.15) is 20.8 Å². The Morgan fingerprint density at radius 1 is 1.33 bits per heavy atom. The van der Waals surface area contributed by atoms with Crippen molar-refractivity contribution in [2.24, 2.45) is 0 Å². The van der Waals surface area contributed by atoms with Crippen LogP contribution in [0.4, 0.5) is 5.69 Å². The van der Waals surface area contributed by atoms with Gasteiger partial charge in [0, 0.05) is 17.0 Å². The number of para-hydroxylation sites is 1. The predicted octanol–water partition coefficient (Wildman–Crippen LogP) is 2.74. The molecule has 0 aliphatic heterocycles. The Morgan fingerprint density at radius 3 is 2.50 bits per heavy atom. The van der Waals surface area contributed by atoms with E-state index in [9.17, 15) is 4.79 Å². The van der Waals surface area contributed by atoms with Crippen LogP contribution in [-0.2, 0) is 4.79 Å². The number of rotatable bonds is 6. The Labute approximate surface area is 114 Å². The van der Waals surface area contributed by atoms with Gasteiger partial charge in [-0.2, -0.15) is 11.8 Å². The van der Waals surface area contributed by atoms with Gasteiger partial charge < -0.3 is 10.6 Å². The largest absolute Gasteiger partial charge is 0.325 e. The predicted molar refractivity (Wildman–Crippen MR) is 80.1 cm³/mol. The Balaban J connectivity index is 2.43. The van der Waals surface area contributed by atoms with E-state index >= 15 is 0 Å². The van der Waals surface area contributed by atoms with Crippen LogP contribution in [-0.4, -0.2) is 29.5 Å². The van der Waals surface area contributed by atoms with Crippen molar-refractivity contribution in [1.82, 2.24) is 5.32 Å². The second kappa shape index (κ2) is 6.81. The molecule has 0 fully saturated rings. The summed E-state index contributed by atoms with van der Waals surface area (Å²) in [5.41, 5.74) is 0.834. The Bertz CT molecular complexity index is 379. The van der Waals surface area contributed by atoms with Gasteiger partial charge in [-0.05, 0) is 39.2 Å². The lowest BCUT2D eigenvalue weighted by molar-refractivity contribution is -0.117. The van der Waals surface area contributed by atoms with Gasteiger partial charge in [-0.25, -0.2) is 0 Å². The van der Waals surface area contributed by atoms with Crippen LogP contribution in [0.5, 0.6) is 0 Å². The van der Waals surface area contributed by atoms with Crippen molar-refractivity contribution in [2.75, 3.05) is 18.1 Å². The summed E-state index contributed by atoms with van der Waals surface area (Å²) in [5, 5.41) is 6.15. The Hall–Kier alpha value is -1.00. The van der Waals surface area contributed by atoms with Crippen LogP contribution in [0, 0.1) is 0 Å². The van der Waals surface area contributed by atoms with Gasteiger partial charge in [-0.3, -0.25) is 4.79 Å². The minimum atomic E-state index is -0.198. The third-order valence-electron chi connectivity index (χ3n) is 2.82. The molecule has 4 heteroatoms. The molecule has 0 radical (unpaired) electrons. The van der Waals surface area contributed by atoms with Crippen molar-refractivity contribution in [3.05, 3.63) is 30.3 Å². The third kappa shape index (κ3) is 5.10. The van der Waals surface area contributed by atoms with Gasteiger partial charge in [0.1, 0.15) is 0 Å². The van der Waals surface area contributed by atoms with Crippen LogP contribution in [0.15, 0.2) is 30.3 Å². The van der Waals surface area contributed by atoms with Crippen molar-refractivity contribution in [1.29, 1.82) is 0 Å². The first kappa shape index (κ1) is 15.1. The number of amides is 1. The molecule has 0 aliphatic rings. The SMILES string of the molecule is CSC(C)(C)CNC(C)C(=O)Nc1ccccc1. The summed E-state index contributed by atoms with van der Waals surface area (Å²) in [4.78, 5) is 11.9. The zero-order chi connectivity index (χ0) is 13.6. The van der Waals surface area contributed by atoms with Crippen LogP contribution < -0.4 is 10.6 Å². The van der Waals surface area contributed by atoms with E-state index in [-0.39, 0.29) is 16.7 Å². The maximum atomic E-state index is 11.9. The first-order chi connectivity index (χ1) is 8.44. The fraction of sp³-hybridized carbons (Fsp3) is 0.500. The van der Waals surface area contributed by atoms with Crippen LogP contribution >= 0.6 is 11.8 Å². The van der Waals surface area contributed by atoms with Crippen molar-refractivity contribution < 1.29 is 4.79 Å². The molecule has 1 unspecified atom stereocenters. The number of hydrogen-bond acceptors (Lipinski definition) is 3. The van der Waals surface area contributed by atoms with Gasteiger partial charge in [0.05, 0.1) is 6.04 Å². The lowest BCUT2D eigenvalue weighted by atomic mass is 10.2. The zero-order valence-corrected chi connectivity index (χ0v) is 12.3. The molecular weight excluding hydrogens is 244 g/mol. The van der Waals surface area contributed by atoms with Gasteiger partial charge in [0.25, 0.3) is 0 Å². The first-order valence-corrected chi connectivity index (χ1v) is 7.31. The molecule has 0 saturated heterocycles. The highest BCUT2D eigenvalue weighted by Gasteiger charge is 2.19. The van der Waals surface area contributed by atoms with E-state index in [0.29, 0.717) is 0 Å². The van der Waals surface area contributed by atoms with E-state index in [4.69, 9.17) is 0 Å². The zero-order valence-electron chi connectivity index (χ0n) is 11.5. The molecule has 0 aromatic heterocycles. The van der Waals surface area contributed by atoms with Crippen molar-refractivity contribution in [3.63, 3.8) is 0 Å². The van der Waals surface area contributed by atoms with Crippen LogP contribution in [0.25, 0.3) is 0 Å². The summed E-state index contributed by atoms with van der Waals surface area (Å²) in [6, 6.07) is 9.32. The third-order valence-corrected chi connectivity index (χ3v) is 4.07. The molecule has 0 aliphatic carbocycles. The van der Waals surface area contributed by atoms with Gasteiger partial charge in [-0.1, -0.05) is 18.2 Å². The van der Waals surface area contributed by atoms with E-state index in [2.05, 4.69) is 30.7 Å². The highest BCUT2D eigenvalue weighted by molar-refractivity contribution is 7.99. The van der Waals surface area contributed by atoms with Crippen molar-refractivity contribution in [3.8, 4) is 0 Å². The minimum absolute atomic E-state index is 0.00176. The van der Waals surface area contributed by atoms with Gasteiger partial charge in [-0.15, -0.1) is 0 Å². The number of benzene rings is 1. The molecule has 0 bridgehead atoms. The second-order valence-corrected chi connectivity index (χ2v) is 6.44. The average molecular weight is 266 g/mol. The molecule has 0 saturated carbocycles. The number of carbonyl (C=O) groups excluding carboxylic acids is 1. The summed E-state index contributed by atoms with van der Waals surface area (Å²) in [6.45, 7) is 7.01. The molecule has 3 nitrogen and oxygen atoms in total. The van der Waals surface area contributed by atoms with E-state index in [1.807, 2.05) is 37.3 Å². The lowest BCUT2D eigenvalue weighted by Crippen LogP contribution is -2.43. The van der Waals surface area contributed by atoms with Gasteiger partial charge in [0.15, 0.2) is 0 Å². The molecule has 100 valence electrons. The lowest BCUT2D eigenvalue weighted by Gasteiger charge is -2.24. The molecule has 0 spiro atoms. The fourth-order valence-electron chi connectivity index (χ4n) is 1.34. The molecule has 1 atom stereocenters. The molecule has 1 aromatic rings. The monoisotopic (exact) mass is 266 g/mol. The Morgan fingerprint density at radius 2 is 1.94 bits per heavy atom. The number of thioether (sulfide) groups is 1. The number of anilines is 1. The van der Waals surface area contributed by atoms with Crippen LogP contribution in [0.2, 0.25) is 0 Å². The van der Waals surface area contributed by atoms with Crippen molar-refractivity contribution in [2.45, 2.75) is 31.6 Å². The summed E-state index contributed by atoms with van der Waals surface area (Å²) >= 11 is 1.79. The normalized spacial score (nSPS) is 13.1. The molecule has 1 aromatic carbocycles. The molecule has 0 heterocycles. The second-order valence-electron chi connectivity index (χ2n) is 4.92. The summed E-state index contributed by atoms with van der Waals surface area (Å²) < 4.78 is 0.140. The number of nitrogens with one attached hydrogen (secondary N) is 2. The quantitative estimate of drug-likeness (QED) is 0.832. The first-order valence-electron chi connectivity index (χ1n) is 6.09. The summed E-state index contributed by atoms with van der Waals surface area (Å²) in [6.07, 6.45) is 2.08. The van der Waals surface area contributed by atoms with E-state index in [1.54, 1.807) is 11.8 Å². The summed E-state index contributed by atoms with van der Waals surface area (Å²) in [5.74, 6) is -0.00176. The topological polar surface area (TPSA) is 41.1 Å². The average Bonchev–Trinajstić information content (AvgIpc) is 2.37. The highest BCUT2D eigenvalue weighted by atomic mass is 32.2. The minimum Gasteiger partial charge on any atom is -0.325 e. The molecule has 18 heavy (non-hydrogen) atoms. The number of hydrogen-bond donors (Lipinski definition) is 2. The van der Waals surface area contributed by atoms with E-state index in [1.165, 1.54) is 0 Å². The van der Waals surface area contributed by atoms with Gasteiger partial charge >= 0.3 is 0 Å². The van der Waals surface area contributed by atoms with Gasteiger partial charge in [0.2, 0.25) is 5.91 Å². The molecule has 1 amide bonds.